The van der Waals surface area contributed by atoms with Gasteiger partial charge in [0.15, 0.2) is 0 Å². The van der Waals surface area contributed by atoms with Gasteiger partial charge in [0, 0.05) is 37.4 Å². The molecule has 0 aliphatic carbocycles. The van der Waals surface area contributed by atoms with E-state index in [-0.39, 0.29) is 0 Å². The van der Waals surface area contributed by atoms with Crippen molar-refractivity contribution in [3.8, 4) is 5.75 Å². The lowest BCUT2D eigenvalue weighted by molar-refractivity contribution is 0.191. The number of benzene rings is 1. The van der Waals surface area contributed by atoms with Crippen molar-refractivity contribution in [1.82, 2.24) is 4.57 Å². The monoisotopic (exact) mass is 261 g/mol. The van der Waals surface area contributed by atoms with Gasteiger partial charge >= 0.3 is 0 Å². The first-order valence-corrected chi connectivity index (χ1v) is 7.05. The molecule has 1 aromatic heterocycles. The van der Waals surface area contributed by atoms with E-state index in [1.807, 2.05) is 0 Å². The molecule has 0 radical (unpaired) electrons. The largest absolute Gasteiger partial charge is 0.494 e. The number of methoxy groups -OCH3 is 1. The molecule has 2 aromatic rings. The first-order valence-electron chi connectivity index (χ1n) is 7.05. The van der Waals surface area contributed by atoms with Gasteiger partial charge in [0.25, 0.3) is 0 Å². The fraction of sp³-hybridized carbons (Fsp3) is 0.500. The van der Waals surface area contributed by atoms with Crippen molar-refractivity contribution in [2.24, 2.45) is 0 Å². The molecule has 2 rings (SSSR count). The second-order valence-electron chi connectivity index (χ2n) is 4.78. The van der Waals surface area contributed by atoms with Gasteiger partial charge in [-0.3, -0.25) is 0 Å². The van der Waals surface area contributed by atoms with Crippen LogP contribution in [0.4, 0.5) is 0 Å². The van der Waals surface area contributed by atoms with E-state index in [1.165, 1.54) is 10.9 Å². The zero-order valence-electron chi connectivity index (χ0n) is 11.9. The molecule has 0 unspecified atom stereocenters. The van der Waals surface area contributed by atoms with Crippen LogP contribution < -0.4 is 4.74 Å². The van der Waals surface area contributed by atoms with Crippen LogP contribution in [0.2, 0.25) is 0 Å². The van der Waals surface area contributed by atoms with Crippen molar-refractivity contribution < 1.29 is 9.47 Å². The van der Waals surface area contributed by atoms with Gasteiger partial charge in [-0.1, -0.05) is 6.92 Å². The first kappa shape index (κ1) is 13.9. The van der Waals surface area contributed by atoms with E-state index in [2.05, 4.69) is 42.0 Å². The predicted molar refractivity (Wildman–Crippen MR) is 78.8 cm³/mol. The zero-order valence-corrected chi connectivity index (χ0v) is 11.9. The Bertz CT molecular complexity index is 504. The van der Waals surface area contributed by atoms with Gasteiger partial charge in [-0.15, -0.1) is 0 Å². The normalized spacial score (nSPS) is 11.1. The lowest BCUT2D eigenvalue weighted by Crippen LogP contribution is -1.98. The highest BCUT2D eigenvalue weighted by molar-refractivity contribution is 5.81. The molecule has 0 N–H and O–H groups in total. The lowest BCUT2D eigenvalue weighted by Gasteiger charge is -2.07. The first-order chi connectivity index (χ1) is 9.35. The van der Waals surface area contributed by atoms with Gasteiger partial charge in [0.2, 0.25) is 0 Å². The number of aromatic nitrogens is 1. The molecule has 0 fully saturated rings. The maximum atomic E-state index is 5.66. The number of unbranched alkanes of at least 4 members (excludes halogenated alkanes) is 1. The predicted octanol–water partition coefficient (Wildman–Crippen LogP) is 3.86. The average Bonchev–Trinajstić information content (AvgIpc) is 2.84. The smallest absolute Gasteiger partial charge is 0.120 e. The van der Waals surface area contributed by atoms with Gasteiger partial charge < -0.3 is 14.0 Å². The van der Waals surface area contributed by atoms with Gasteiger partial charge in [-0.25, -0.2) is 0 Å². The minimum absolute atomic E-state index is 0.781. The molecule has 3 heteroatoms. The van der Waals surface area contributed by atoms with Crippen LogP contribution in [0.5, 0.6) is 5.75 Å². The van der Waals surface area contributed by atoms with Gasteiger partial charge in [0.05, 0.1) is 6.61 Å². The van der Waals surface area contributed by atoms with Gasteiger partial charge in [0.1, 0.15) is 5.75 Å². The summed E-state index contributed by atoms with van der Waals surface area (Å²) >= 11 is 0. The van der Waals surface area contributed by atoms with Crippen molar-refractivity contribution in [2.45, 2.75) is 32.7 Å². The molecular weight excluding hydrogens is 238 g/mol. The summed E-state index contributed by atoms with van der Waals surface area (Å²) in [5.74, 6) is 0.964. The van der Waals surface area contributed by atoms with Crippen LogP contribution in [0.25, 0.3) is 10.9 Å². The molecule has 0 aliphatic heterocycles. The highest BCUT2D eigenvalue weighted by atomic mass is 16.5. The number of aryl methyl sites for hydroxylation is 1. The summed E-state index contributed by atoms with van der Waals surface area (Å²) < 4.78 is 13.0. The van der Waals surface area contributed by atoms with E-state index in [0.29, 0.717) is 0 Å². The molecule has 0 atom stereocenters. The molecule has 0 saturated heterocycles. The Kier molecular flexibility index (Phi) is 5.28. The molecule has 3 nitrogen and oxygen atoms in total. The summed E-state index contributed by atoms with van der Waals surface area (Å²) in [6.07, 6.45) is 5.44. The zero-order chi connectivity index (χ0) is 13.5. The minimum Gasteiger partial charge on any atom is -0.494 e. The van der Waals surface area contributed by atoms with Crippen molar-refractivity contribution in [3.05, 3.63) is 30.5 Å². The summed E-state index contributed by atoms with van der Waals surface area (Å²) in [5.41, 5.74) is 1.28. The Morgan fingerprint density at radius 2 is 2.00 bits per heavy atom. The summed E-state index contributed by atoms with van der Waals surface area (Å²) in [7, 11) is 1.75. The summed E-state index contributed by atoms with van der Waals surface area (Å²) in [6, 6.07) is 8.49. The van der Waals surface area contributed by atoms with Crippen LogP contribution in [0.3, 0.4) is 0 Å². The van der Waals surface area contributed by atoms with Crippen LogP contribution in [0.15, 0.2) is 30.5 Å². The fourth-order valence-corrected chi connectivity index (χ4v) is 2.21. The van der Waals surface area contributed by atoms with E-state index in [0.717, 1.165) is 44.8 Å². The third-order valence-electron chi connectivity index (χ3n) is 3.21. The molecule has 0 amide bonds. The Balaban J connectivity index is 2.02. The van der Waals surface area contributed by atoms with E-state index in [4.69, 9.17) is 9.47 Å². The maximum absolute atomic E-state index is 5.66. The highest BCUT2D eigenvalue weighted by Gasteiger charge is 2.02. The van der Waals surface area contributed by atoms with E-state index < -0.39 is 0 Å². The standard InChI is InChI=1S/C16H23NO2/c1-3-11-19-15-6-7-16-14(13-15)8-10-17(16)9-4-5-12-18-2/h6-8,10,13H,3-5,9,11-12H2,1-2H3. The Hall–Kier alpha value is -1.48. The molecule has 19 heavy (non-hydrogen) atoms. The molecule has 0 bridgehead atoms. The van der Waals surface area contributed by atoms with Crippen molar-refractivity contribution in [3.63, 3.8) is 0 Å². The Morgan fingerprint density at radius 1 is 1.11 bits per heavy atom. The number of nitrogens with zero attached hydrogens (tertiary/aromatic N) is 1. The van der Waals surface area contributed by atoms with E-state index in [1.54, 1.807) is 7.11 Å². The number of rotatable bonds is 8. The molecular formula is C16H23NO2. The molecule has 0 saturated carbocycles. The van der Waals surface area contributed by atoms with Gasteiger partial charge in [-0.2, -0.15) is 0 Å². The molecule has 0 spiro atoms. The van der Waals surface area contributed by atoms with Crippen molar-refractivity contribution in [1.29, 1.82) is 0 Å². The Labute approximate surface area is 115 Å². The molecule has 0 aliphatic rings. The number of hydrogen-bond donors (Lipinski definition) is 0. The maximum Gasteiger partial charge on any atom is 0.120 e. The van der Waals surface area contributed by atoms with Crippen molar-refractivity contribution >= 4 is 10.9 Å². The second-order valence-corrected chi connectivity index (χ2v) is 4.78. The lowest BCUT2D eigenvalue weighted by atomic mass is 10.2. The highest BCUT2D eigenvalue weighted by Crippen LogP contribution is 2.22. The summed E-state index contributed by atoms with van der Waals surface area (Å²) in [4.78, 5) is 0. The van der Waals surface area contributed by atoms with E-state index >= 15 is 0 Å². The third kappa shape index (κ3) is 3.74. The minimum atomic E-state index is 0.781. The van der Waals surface area contributed by atoms with Gasteiger partial charge in [-0.05, 0) is 43.5 Å². The Morgan fingerprint density at radius 3 is 2.79 bits per heavy atom. The topological polar surface area (TPSA) is 23.4 Å². The second kappa shape index (κ2) is 7.19. The number of fused-ring (bicyclic) bond motifs is 1. The fourth-order valence-electron chi connectivity index (χ4n) is 2.21. The molecule has 1 heterocycles. The van der Waals surface area contributed by atoms with Crippen LogP contribution >= 0.6 is 0 Å². The van der Waals surface area contributed by atoms with Crippen LogP contribution in [-0.2, 0) is 11.3 Å². The van der Waals surface area contributed by atoms with E-state index in [9.17, 15) is 0 Å². The summed E-state index contributed by atoms with van der Waals surface area (Å²) in [5, 5.41) is 1.25. The SMILES string of the molecule is CCCOc1ccc2c(ccn2CCCCOC)c1. The quantitative estimate of drug-likeness (QED) is 0.674. The molecule has 104 valence electrons. The number of ether oxygens (including phenoxy) is 2. The summed E-state index contributed by atoms with van der Waals surface area (Å²) in [6.45, 7) is 4.79. The number of hydrogen-bond acceptors (Lipinski definition) is 2. The average molecular weight is 261 g/mol. The molecule has 1 aromatic carbocycles. The van der Waals surface area contributed by atoms with Crippen LogP contribution in [0, 0.1) is 0 Å². The third-order valence-corrected chi connectivity index (χ3v) is 3.21. The van der Waals surface area contributed by atoms with Crippen LogP contribution in [0.1, 0.15) is 26.2 Å². The van der Waals surface area contributed by atoms with Crippen LogP contribution in [-0.4, -0.2) is 24.9 Å². The van der Waals surface area contributed by atoms with Crippen molar-refractivity contribution in [2.75, 3.05) is 20.3 Å².